The molecule has 0 aromatic heterocycles. The van der Waals surface area contributed by atoms with Gasteiger partial charge in [0.25, 0.3) is 0 Å². The minimum absolute atomic E-state index is 1.26. The number of allylic oxidation sites excluding steroid dienone is 4. The molecule has 0 aromatic carbocycles. The van der Waals surface area contributed by atoms with E-state index in [-0.39, 0.29) is 0 Å². The Kier molecular flexibility index (Phi) is 1.18. The Morgan fingerprint density at radius 2 is 1.44 bits per heavy atom. The number of hydrogen-bond acceptors (Lipinski definition) is 0. The summed E-state index contributed by atoms with van der Waals surface area (Å²) >= 11 is 0. The van der Waals surface area contributed by atoms with Crippen LogP contribution in [0, 0.1) is 0 Å². The van der Waals surface area contributed by atoms with E-state index in [2.05, 4.69) is 12.2 Å². The highest BCUT2D eigenvalue weighted by Gasteiger charge is 2.13. The molecule has 0 atom stereocenters. The summed E-state index contributed by atoms with van der Waals surface area (Å²) in [7, 11) is 0. The highest BCUT2D eigenvalue weighted by molar-refractivity contribution is 5.27. The van der Waals surface area contributed by atoms with Crippen molar-refractivity contribution < 1.29 is 0 Å². The van der Waals surface area contributed by atoms with Gasteiger partial charge in [-0.15, -0.1) is 0 Å². The van der Waals surface area contributed by atoms with Crippen LogP contribution in [0.4, 0.5) is 0 Å². The molecule has 0 radical (unpaired) electrons. The van der Waals surface area contributed by atoms with Gasteiger partial charge in [0.1, 0.15) is 0 Å². The summed E-state index contributed by atoms with van der Waals surface area (Å²) in [5.74, 6) is 0. The molecule has 0 spiro atoms. The monoisotopic (exact) mass is 120 g/mol. The fourth-order valence-corrected chi connectivity index (χ4v) is 1.81. The van der Waals surface area contributed by atoms with Crippen LogP contribution in [-0.4, -0.2) is 0 Å². The van der Waals surface area contributed by atoms with Gasteiger partial charge in [0.15, 0.2) is 0 Å². The molecule has 0 bridgehead atoms. The summed E-state index contributed by atoms with van der Waals surface area (Å²) in [5.41, 5.74) is 3.50. The van der Waals surface area contributed by atoms with E-state index in [9.17, 15) is 0 Å². The predicted octanol–water partition coefficient (Wildman–Crippen LogP) is 2.82. The summed E-state index contributed by atoms with van der Waals surface area (Å²) in [6, 6.07) is 0. The summed E-state index contributed by atoms with van der Waals surface area (Å²) in [5, 5.41) is 0. The number of hydrogen-bond donors (Lipinski definition) is 0. The molecule has 2 rings (SSSR count). The van der Waals surface area contributed by atoms with Crippen molar-refractivity contribution >= 4 is 0 Å². The van der Waals surface area contributed by atoms with Crippen LogP contribution in [0.5, 0.6) is 0 Å². The van der Waals surface area contributed by atoms with Gasteiger partial charge in [0.2, 0.25) is 0 Å². The van der Waals surface area contributed by atoms with Crippen molar-refractivity contribution in [2.75, 3.05) is 0 Å². The van der Waals surface area contributed by atoms with E-state index in [0.29, 0.717) is 0 Å². The molecule has 0 amide bonds. The van der Waals surface area contributed by atoms with Gasteiger partial charge >= 0.3 is 0 Å². The standard InChI is InChI=1S/C9H12/c1-2-5-9-7-3-6-8(9)4-1/h1-2H,3-7H2. The fourth-order valence-electron chi connectivity index (χ4n) is 1.81. The average Bonchev–Trinajstić information content (AvgIpc) is 2.33. The Labute approximate surface area is 56.3 Å². The van der Waals surface area contributed by atoms with Gasteiger partial charge in [-0.25, -0.2) is 0 Å². The van der Waals surface area contributed by atoms with Crippen LogP contribution in [0.3, 0.4) is 0 Å². The second kappa shape index (κ2) is 2.02. The predicted molar refractivity (Wildman–Crippen MR) is 39.3 cm³/mol. The Bertz CT molecular complexity index is 154. The molecule has 2 aliphatic carbocycles. The van der Waals surface area contributed by atoms with Gasteiger partial charge in [-0.3, -0.25) is 0 Å². The van der Waals surface area contributed by atoms with Crippen LogP contribution < -0.4 is 0 Å². The van der Waals surface area contributed by atoms with E-state index in [1.807, 2.05) is 0 Å². The highest BCUT2D eigenvalue weighted by atomic mass is 14.2. The van der Waals surface area contributed by atoms with Gasteiger partial charge in [0, 0.05) is 0 Å². The zero-order valence-electron chi connectivity index (χ0n) is 5.69. The SMILES string of the molecule is C1=CCC2=C(C1)CCC2. The highest BCUT2D eigenvalue weighted by Crippen LogP contribution is 2.33. The Hall–Kier alpha value is -0.520. The molecular formula is C9H12. The maximum Gasteiger partial charge on any atom is -0.0136 e. The van der Waals surface area contributed by atoms with E-state index in [0.717, 1.165) is 0 Å². The molecule has 0 saturated heterocycles. The van der Waals surface area contributed by atoms with Crippen molar-refractivity contribution in [3.05, 3.63) is 23.3 Å². The molecule has 0 unspecified atom stereocenters. The van der Waals surface area contributed by atoms with Crippen LogP contribution >= 0.6 is 0 Å². The van der Waals surface area contributed by atoms with E-state index in [4.69, 9.17) is 0 Å². The smallest absolute Gasteiger partial charge is 0.0136 e. The maximum atomic E-state index is 2.31. The van der Waals surface area contributed by atoms with Crippen LogP contribution in [0.1, 0.15) is 32.1 Å². The van der Waals surface area contributed by atoms with Gasteiger partial charge in [-0.2, -0.15) is 0 Å². The summed E-state index contributed by atoms with van der Waals surface area (Å²) in [6.07, 6.45) is 11.3. The Morgan fingerprint density at radius 3 is 2.00 bits per heavy atom. The normalized spacial score (nSPS) is 24.9. The van der Waals surface area contributed by atoms with Gasteiger partial charge in [0.05, 0.1) is 0 Å². The minimum atomic E-state index is 1.26. The second-order valence-corrected chi connectivity index (χ2v) is 2.94. The molecule has 0 aliphatic heterocycles. The lowest BCUT2D eigenvalue weighted by Gasteiger charge is -2.06. The van der Waals surface area contributed by atoms with E-state index >= 15 is 0 Å². The molecule has 0 aromatic rings. The first-order valence-electron chi connectivity index (χ1n) is 3.81. The fraction of sp³-hybridized carbons (Fsp3) is 0.556. The third kappa shape index (κ3) is 0.827. The quantitative estimate of drug-likeness (QED) is 0.431. The first-order valence-corrected chi connectivity index (χ1v) is 3.81. The number of rotatable bonds is 0. The molecule has 48 valence electrons. The molecule has 0 heteroatoms. The first kappa shape index (κ1) is 5.28. The van der Waals surface area contributed by atoms with Crippen molar-refractivity contribution in [2.24, 2.45) is 0 Å². The molecule has 0 N–H and O–H groups in total. The van der Waals surface area contributed by atoms with Crippen LogP contribution in [0.25, 0.3) is 0 Å². The zero-order chi connectivity index (χ0) is 6.10. The third-order valence-corrected chi connectivity index (χ3v) is 2.35. The second-order valence-electron chi connectivity index (χ2n) is 2.94. The van der Waals surface area contributed by atoms with Crippen LogP contribution in [0.15, 0.2) is 23.3 Å². The zero-order valence-corrected chi connectivity index (χ0v) is 5.69. The van der Waals surface area contributed by atoms with Gasteiger partial charge in [-0.1, -0.05) is 23.3 Å². The van der Waals surface area contributed by atoms with E-state index < -0.39 is 0 Å². The molecular weight excluding hydrogens is 108 g/mol. The molecule has 0 fully saturated rings. The summed E-state index contributed by atoms with van der Waals surface area (Å²) in [6.45, 7) is 0. The average molecular weight is 120 g/mol. The lowest BCUT2D eigenvalue weighted by Crippen LogP contribution is -1.86. The molecule has 0 saturated carbocycles. The lowest BCUT2D eigenvalue weighted by molar-refractivity contribution is 0.883. The maximum absolute atomic E-state index is 2.31. The molecule has 9 heavy (non-hydrogen) atoms. The summed E-state index contributed by atoms with van der Waals surface area (Å²) in [4.78, 5) is 0. The van der Waals surface area contributed by atoms with Crippen molar-refractivity contribution in [3.63, 3.8) is 0 Å². The van der Waals surface area contributed by atoms with E-state index in [1.165, 1.54) is 32.1 Å². The van der Waals surface area contributed by atoms with Crippen molar-refractivity contribution in [1.29, 1.82) is 0 Å². The lowest BCUT2D eigenvalue weighted by atomic mass is 10.0. The van der Waals surface area contributed by atoms with Crippen molar-refractivity contribution in [1.82, 2.24) is 0 Å². The van der Waals surface area contributed by atoms with Crippen LogP contribution in [0.2, 0.25) is 0 Å². The van der Waals surface area contributed by atoms with E-state index in [1.54, 1.807) is 11.1 Å². The largest absolute Gasteiger partial charge is 0.0841 e. The topological polar surface area (TPSA) is 0 Å². The third-order valence-electron chi connectivity index (χ3n) is 2.35. The van der Waals surface area contributed by atoms with Crippen LogP contribution in [-0.2, 0) is 0 Å². The first-order chi connectivity index (χ1) is 4.47. The molecule has 2 aliphatic rings. The molecule has 0 nitrogen and oxygen atoms in total. The minimum Gasteiger partial charge on any atom is -0.0841 e. The Balaban J connectivity index is 2.21. The van der Waals surface area contributed by atoms with Crippen molar-refractivity contribution in [3.8, 4) is 0 Å². The summed E-state index contributed by atoms with van der Waals surface area (Å²) < 4.78 is 0. The molecule has 0 heterocycles. The van der Waals surface area contributed by atoms with Crippen molar-refractivity contribution in [2.45, 2.75) is 32.1 Å². The van der Waals surface area contributed by atoms with Gasteiger partial charge in [-0.05, 0) is 32.1 Å². The van der Waals surface area contributed by atoms with Gasteiger partial charge < -0.3 is 0 Å². The Morgan fingerprint density at radius 1 is 0.889 bits per heavy atom.